The summed E-state index contributed by atoms with van der Waals surface area (Å²) in [4.78, 5) is 50.6. The summed E-state index contributed by atoms with van der Waals surface area (Å²) in [5.74, 6) is -0.908. The summed E-state index contributed by atoms with van der Waals surface area (Å²) in [7, 11) is 0. The molecular formula is C39H36N2O8. The van der Waals surface area contributed by atoms with Crippen LogP contribution in [0.15, 0.2) is 97.1 Å². The monoisotopic (exact) mass is 660 g/mol. The van der Waals surface area contributed by atoms with E-state index >= 15 is 0 Å². The first kappa shape index (κ1) is 33.2. The minimum absolute atomic E-state index is 0.0605. The van der Waals surface area contributed by atoms with Crippen LogP contribution in [0, 0.1) is 0 Å². The molecule has 0 aromatic heterocycles. The number of hydrogen-bond donors (Lipinski definition) is 2. The van der Waals surface area contributed by atoms with Crippen molar-refractivity contribution in [3.8, 4) is 17.2 Å². The van der Waals surface area contributed by atoms with Gasteiger partial charge in [0.25, 0.3) is 11.8 Å². The Balaban J connectivity index is 0.995. The molecule has 2 aliphatic heterocycles. The Labute approximate surface area is 283 Å². The molecule has 0 radical (unpaired) electrons. The lowest BCUT2D eigenvalue weighted by molar-refractivity contribution is -0.136. The van der Waals surface area contributed by atoms with Gasteiger partial charge < -0.3 is 19.3 Å². The smallest absolute Gasteiger partial charge is 0.262 e. The fourth-order valence-corrected chi connectivity index (χ4v) is 6.10. The highest BCUT2D eigenvalue weighted by molar-refractivity contribution is 6.23. The molecule has 2 heterocycles. The number of ether oxygens (including phenoxy) is 3. The highest BCUT2D eigenvalue weighted by Gasteiger charge is 2.44. The normalized spacial score (nSPS) is 16.3. The van der Waals surface area contributed by atoms with E-state index in [4.69, 9.17) is 14.2 Å². The maximum absolute atomic E-state index is 13.0. The fraction of sp³-hybridized carbons (Fsp3) is 0.231. The van der Waals surface area contributed by atoms with Gasteiger partial charge in [-0.3, -0.25) is 29.4 Å². The number of carbonyl (C=O) groups is 4. The molecule has 49 heavy (non-hydrogen) atoms. The Morgan fingerprint density at radius 3 is 2.00 bits per heavy atom. The largest absolute Gasteiger partial charge is 0.508 e. The molecule has 4 aromatic carbocycles. The van der Waals surface area contributed by atoms with E-state index in [1.165, 1.54) is 17.7 Å². The number of carbonyl (C=O) groups excluding carboxylic acids is 4. The summed E-state index contributed by atoms with van der Waals surface area (Å²) >= 11 is 0. The van der Waals surface area contributed by atoms with Crippen LogP contribution in [0.4, 0.5) is 0 Å². The molecule has 0 saturated carbocycles. The Hall–Kier alpha value is -5.74. The third kappa shape index (κ3) is 7.39. The van der Waals surface area contributed by atoms with Gasteiger partial charge in [-0.1, -0.05) is 61.5 Å². The first-order chi connectivity index (χ1) is 23.8. The Morgan fingerprint density at radius 2 is 1.35 bits per heavy atom. The van der Waals surface area contributed by atoms with Gasteiger partial charge in [0, 0.05) is 6.42 Å². The summed E-state index contributed by atoms with van der Waals surface area (Å²) in [6, 6.07) is 29.0. The SMILES string of the molecule is CCC(=C(c1ccc(O)cc1)c1ccc(OCCOCCOc2ccc3c(c2)C(=O)N(C2CCC(=O)NC2=O)C3=O)cc1)c1ccccc1. The fourth-order valence-electron chi connectivity index (χ4n) is 6.10. The molecule has 10 heteroatoms. The number of piperidine rings is 1. The lowest BCUT2D eigenvalue weighted by Gasteiger charge is -2.27. The molecule has 0 aliphatic carbocycles. The zero-order valence-electron chi connectivity index (χ0n) is 27.0. The zero-order valence-corrected chi connectivity index (χ0v) is 27.0. The van der Waals surface area contributed by atoms with Gasteiger partial charge in [-0.2, -0.15) is 0 Å². The molecule has 4 amide bonds. The van der Waals surface area contributed by atoms with Crippen molar-refractivity contribution < 1.29 is 38.5 Å². The zero-order chi connectivity index (χ0) is 34.3. The maximum atomic E-state index is 13.0. The van der Waals surface area contributed by atoms with E-state index < -0.39 is 29.7 Å². The molecular weight excluding hydrogens is 624 g/mol. The number of nitrogens with one attached hydrogen (secondary N) is 1. The van der Waals surface area contributed by atoms with Gasteiger partial charge in [0.2, 0.25) is 11.8 Å². The minimum atomic E-state index is -1.02. The van der Waals surface area contributed by atoms with E-state index in [0.29, 0.717) is 24.7 Å². The van der Waals surface area contributed by atoms with Gasteiger partial charge in [0.05, 0.1) is 24.3 Å². The quantitative estimate of drug-likeness (QED) is 0.107. The number of phenols is 1. The van der Waals surface area contributed by atoms with E-state index in [1.807, 2.05) is 54.6 Å². The molecule has 2 aliphatic rings. The molecule has 1 fully saturated rings. The first-order valence-corrected chi connectivity index (χ1v) is 16.2. The highest BCUT2D eigenvalue weighted by atomic mass is 16.5. The Morgan fingerprint density at radius 1 is 0.735 bits per heavy atom. The van der Waals surface area contributed by atoms with Crippen LogP contribution in [0.25, 0.3) is 11.1 Å². The van der Waals surface area contributed by atoms with Gasteiger partial charge in [0.1, 0.15) is 36.5 Å². The summed E-state index contributed by atoms with van der Waals surface area (Å²) in [5.41, 5.74) is 5.83. The van der Waals surface area contributed by atoms with Gasteiger partial charge in [-0.15, -0.1) is 0 Å². The van der Waals surface area contributed by atoms with Crippen molar-refractivity contribution in [2.45, 2.75) is 32.2 Å². The average Bonchev–Trinajstić information content (AvgIpc) is 3.36. The predicted octanol–water partition coefficient (Wildman–Crippen LogP) is 5.64. The van der Waals surface area contributed by atoms with Crippen molar-refractivity contribution in [1.29, 1.82) is 0 Å². The van der Waals surface area contributed by atoms with E-state index in [0.717, 1.165) is 33.6 Å². The molecule has 1 atom stereocenters. The molecule has 10 nitrogen and oxygen atoms in total. The number of aromatic hydroxyl groups is 1. The molecule has 6 rings (SSSR count). The lowest BCUT2D eigenvalue weighted by atomic mass is 9.88. The van der Waals surface area contributed by atoms with Crippen LogP contribution in [0.2, 0.25) is 0 Å². The van der Waals surface area contributed by atoms with Crippen LogP contribution in [0.5, 0.6) is 17.2 Å². The predicted molar refractivity (Wildman–Crippen MR) is 182 cm³/mol. The van der Waals surface area contributed by atoms with Crippen molar-refractivity contribution >= 4 is 34.8 Å². The number of benzene rings is 4. The van der Waals surface area contributed by atoms with Crippen molar-refractivity contribution in [3.05, 3.63) is 125 Å². The number of allylic oxidation sites excluding steroid dienone is 1. The minimum Gasteiger partial charge on any atom is -0.508 e. The molecule has 250 valence electrons. The van der Waals surface area contributed by atoms with Crippen LogP contribution < -0.4 is 14.8 Å². The summed E-state index contributed by atoms with van der Waals surface area (Å²) in [5, 5.41) is 12.1. The van der Waals surface area contributed by atoms with Gasteiger partial charge in [-0.05, 0) is 83.1 Å². The number of phenolic OH excluding ortho intramolecular Hbond substituents is 1. The maximum Gasteiger partial charge on any atom is 0.262 e. The molecule has 4 aromatic rings. The molecule has 1 unspecified atom stereocenters. The summed E-state index contributed by atoms with van der Waals surface area (Å²) in [6.45, 7) is 3.28. The van der Waals surface area contributed by atoms with E-state index in [2.05, 4.69) is 24.4 Å². The number of hydrogen-bond acceptors (Lipinski definition) is 8. The highest BCUT2D eigenvalue weighted by Crippen LogP contribution is 2.36. The van der Waals surface area contributed by atoms with E-state index in [9.17, 15) is 24.3 Å². The van der Waals surface area contributed by atoms with Crippen molar-refractivity contribution in [2.75, 3.05) is 26.4 Å². The standard InChI is InChI=1S/C39H36N2O8/c1-2-31(25-6-4-3-5-7-25)36(26-8-12-28(42)13-9-26)27-10-14-29(15-11-27)48-22-20-47-21-23-49-30-16-17-32-33(24-30)39(46)41(38(32)45)34-18-19-35(43)40-37(34)44/h3-17,24,34,42H,2,18-23H2,1H3,(H,40,43,44). The van der Waals surface area contributed by atoms with Gasteiger partial charge in [0.15, 0.2) is 0 Å². The van der Waals surface area contributed by atoms with Crippen LogP contribution >= 0.6 is 0 Å². The number of amides is 4. The third-order valence-electron chi connectivity index (χ3n) is 8.48. The number of rotatable bonds is 13. The van der Waals surface area contributed by atoms with Crippen LogP contribution in [-0.4, -0.2) is 66.1 Å². The van der Waals surface area contributed by atoms with Crippen molar-refractivity contribution in [2.24, 2.45) is 0 Å². The second-order valence-electron chi connectivity index (χ2n) is 11.6. The van der Waals surface area contributed by atoms with Crippen LogP contribution in [0.1, 0.15) is 63.6 Å². The summed E-state index contributed by atoms with van der Waals surface area (Å²) < 4.78 is 17.3. The topological polar surface area (TPSA) is 131 Å². The third-order valence-corrected chi connectivity index (χ3v) is 8.48. The second kappa shape index (κ2) is 15.0. The molecule has 0 spiro atoms. The number of imide groups is 2. The average molecular weight is 661 g/mol. The van der Waals surface area contributed by atoms with Gasteiger partial charge in [-0.25, -0.2) is 0 Å². The number of fused-ring (bicyclic) bond motifs is 1. The van der Waals surface area contributed by atoms with Gasteiger partial charge >= 0.3 is 0 Å². The lowest BCUT2D eigenvalue weighted by Crippen LogP contribution is -2.54. The van der Waals surface area contributed by atoms with Crippen LogP contribution in [0.3, 0.4) is 0 Å². The van der Waals surface area contributed by atoms with Crippen molar-refractivity contribution in [1.82, 2.24) is 10.2 Å². The second-order valence-corrected chi connectivity index (χ2v) is 11.6. The van der Waals surface area contributed by atoms with Crippen molar-refractivity contribution in [3.63, 3.8) is 0 Å². The van der Waals surface area contributed by atoms with E-state index in [1.54, 1.807) is 18.2 Å². The van der Waals surface area contributed by atoms with E-state index in [-0.39, 0.29) is 42.9 Å². The molecule has 1 saturated heterocycles. The molecule has 0 bridgehead atoms. The first-order valence-electron chi connectivity index (χ1n) is 16.2. The Kier molecular flexibility index (Phi) is 10.2. The molecule has 2 N–H and O–H groups in total. The Bertz CT molecular complexity index is 1880. The number of nitrogens with zero attached hydrogens (tertiary/aromatic N) is 1. The van der Waals surface area contributed by atoms with Crippen LogP contribution in [-0.2, 0) is 14.3 Å². The summed E-state index contributed by atoms with van der Waals surface area (Å²) in [6.07, 6.45) is 0.984.